The van der Waals surface area contributed by atoms with E-state index in [-0.39, 0.29) is 29.5 Å². The van der Waals surface area contributed by atoms with Crippen LogP contribution in [0.4, 0.5) is 4.39 Å². The standard InChI is InChI=1S/C23H27FN2O3/c1-16-12-18(8-9-21(16)24)19-13-20(22(27)25-10-11-29-2)15-26(14-19)23(28)17-6-4-3-5-7-17/h3-9,12,19-20H,10-11,13-15H2,1-2H3,(H,25,27)/t19-,20-/m0/s1. The normalized spacial score (nSPS) is 19.1. The minimum atomic E-state index is -0.330. The lowest BCUT2D eigenvalue weighted by Crippen LogP contribution is -2.48. The second-order valence-corrected chi connectivity index (χ2v) is 7.50. The molecule has 1 aliphatic rings. The lowest BCUT2D eigenvalue weighted by atomic mass is 9.83. The summed E-state index contributed by atoms with van der Waals surface area (Å²) in [6.07, 6.45) is 0.614. The second-order valence-electron chi connectivity index (χ2n) is 7.50. The van der Waals surface area contributed by atoms with Crippen LogP contribution in [0, 0.1) is 18.7 Å². The summed E-state index contributed by atoms with van der Waals surface area (Å²) >= 11 is 0. The third-order valence-corrected chi connectivity index (χ3v) is 5.39. The van der Waals surface area contributed by atoms with Crippen LogP contribution in [0.5, 0.6) is 0 Å². The smallest absolute Gasteiger partial charge is 0.253 e. The molecule has 2 amide bonds. The number of carbonyl (C=O) groups is 2. The molecule has 2 aromatic carbocycles. The van der Waals surface area contributed by atoms with Crippen LogP contribution in [0.1, 0.15) is 33.8 Å². The van der Waals surface area contributed by atoms with Crippen molar-refractivity contribution in [3.05, 3.63) is 71.0 Å². The predicted octanol–water partition coefficient (Wildman–Crippen LogP) is 3.14. The van der Waals surface area contributed by atoms with Crippen molar-refractivity contribution in [2.45, 2.75) is 19.3 Å². The molecule has 1 fully saturated rings. The van der Waals surface area contributed by atoms with Gasteiger partial charge in [-0.2, -0.15) is 0 Å². The van der Waals surface area contributed by atoms with Gasteiger partial charge in [-0.05, 0) is 42.7 Å². The molecule has 0 aliphatic carbocycles. The van der Waals surface area contributed by atoms with Crippen LogP contribution >= 0.6 is 0 Å². The Morgan fingerprint density at radius 3 is 2.62 bits per heavy atom. The fourth-order valence-electron chi connectivity index (χ4n) is 3.80. The summed E-state index contributed by atoms with van der Waals surface area (Å²) < 4.78 is 18.7. The van der Waals surface area contributed by atoms with Gasteiger partial charge in [-0.25, -0.2) is 4.39 Å². The molecule has 0 radical (unpaired) electrons. The molecule has 0 aromatic heterocycles. The number of aryl methyl sites for hydroxylation is 1. The molecule has 154 valence electrons. The maximum Gasteiger partial charge on any atom is 0.253 e. The van der Waals surface area contributed by atoms with E-state index in [0.29, 0.717) is 43.8 Å². The van der Waals surface area contributed by atoms with E-state index in [0.717, 1.165) is 5.56 Å². The van der Waals surface area contributed by atoms with Crippen molar-refractivity contribution in [3.8, 4) is 0 Å². The Morgan fingerprint density at radius 1 is 1.17 bits per heavy atom. The van der Waals surface area contributed by atoms with E-state index in [4.69, 9.17) is 4.74 Å². The van der Waals surface area contributed by atoms with E-state index < -0.39 is 0 Å². The highest BCUT2D eigenvalue weighted by atomic mass is 19.1. The zero-order chi connectivity index (χ0) is 20.8. The molecule has 3 rings (SSSR count). The molecule has 2 aromatic rings. The van der Waals surface area contributed by atoms with Gasteiger partial charge in [-0.3, -0.25) is 9.59 Å². The molecule has 1 heterocycles. The number of halogens is 1. The van der Waals surface area contributed by atoms with Crippen molar-refractivity contribution < 1.29 is 18.7 Å². The van der Waals surface area contributed by atoms with Gasteiger partial charge in [0.2, 0.25) is 5.91 Å². The predicted molar refractivity (Wildman–Crippen MR) is 109 cm³/mol. The van der Waals surface area contributed by atoms with Gasteiger partial charge in [-0.15, -0.1) is 0 Å². The molecule has 1 N–H and O–H groups in total. The van der Waals surface area contributed by atoms with Crippen LogP contribution in [0.2, 0.25) is 0 Å². The average Bonchev–Trinajstić information content (AvgIpc) is 2.75. The zero-order valence-electron chi connectivity index (χ0n) is 16.9. The van der Waals surface area contributed by atoms with E-state index >= 15 is 0 Å². The van der Waals surface area contributed by atoms with Crippen LogP contribution < -0.4 is 5.32 Å². The fraction of sp³-hybridized carbons (Fsp3) is 0.391. The molecule has 0 bridgehead atoms. The Labute approximate surface area is 170 Å². The number of ether oxygens (including phenoxy) is 1. The van der Waals surface area contributed by atoms with Crippen LogP contribution in [0.15, 0.2) is 48.5 Å². The maximum atomic E-state index is 13.7. The lowest BCUT2D eigenvalue weighted by molar-refractivity contribution is -0.126. The summed E-state index contributed by atoms with van der Waals surface area (Å²) in [7, 11) is 1.58. The Bertz CT molecular complexity index is 856. The van der Waals surface area contributed by atoms with Gasteiger partial charge >= 0.3 is 0 Å². The van der Waals surface area contributed by atoms with E-state index in [9.17, 15) is 14.0 Å². The SMILES string of the molecule is COCCNC(=O)[C@H]1C[C@H](c2ccc(F)c(C)c2)CN(C(=O)c2ccccc2)C1. The third kappa shape index (κ3) is 5.21. The van der Waals surface area contributed by atoms with Crippen LogP contribution in [-0.4, -0.2) is 50.1 Å². The maximum absolute atomic E-state index is 13.7. The molecule has 6 heteroatoms. The summed E-state index contributed by atoms with van der Waals surface area (Å²) in [4.78, 5) is 27.5. The van der Waals surface area contributed by atoms with Crippen LogP contribution in [-0.2, 0) is 9.53 Å². The number of amides is 2. The van der Waals surface area contributed by atoms with E-state index in [1.54, 1.807) is 37.1 Å². The lowest BCUT2D eigenvalue weighted by Gasteiger charge is -2.37. The monoisotopic (exact) mass is 398 g/mol. The minimum absolute atomic E-state index is 0.0334. The number of rotatable bonds is 6. The molecule has 1 saturated heterocycles. The number of nitrogens with one attached hydrogen (secondary N) is 1. The molecule has 0 spiro atoms. The summed E-state index contributed by atoms with van der Waals surface area (Å²) in [6.45, 7) is 3.46. The number of nitrogens with zero attached hydrogens (tertiary/aromatic N) is 1. The topological polar surface area (TPSA) is 58.6 Å². The minimum Gasteiger partial charge on any atom is -0.383 e. The highest BCUT2D eigenvalue weighted by Gasteiger charge is 2.34. The highest BCUT2D eigenvalue weighted by molar-refractivity contribution is 5.94. The van der Waals surface area contributed by atoms with Crippen molar-refractivity contribution in [2.75, 3.05) is 33.4 Å². The number of hydrogen-bond donors (Lipinski definition) is 1. The van der Waals surface area contributed by atoms with Gasteiger partial charge in [-0.1, -0.05) is 30.3 Å². The van der Waals surface area contributed by atoms with Crippen LogP contribution in [0.3, 0.4) is 0 Å². The van der Waals surface area contributed by atoms with E-state index in [1.165, 1.54) is 6.07 Å². The van der Waals surface area contributed by atoms with Crippen molar-refractivity contribution in [2.24, 2.45) is 5.92 Å². The number of benzene rings is 2. The van der Waals surface area contributed by atoms with Crippen molar-refractivity contribution in [1.29, 1.82) is 0 Å². The van der Waals surface area contributed by atoms with Crippen molar-refractivity contribution in [3.63, 3.8) is 0 Å². The molecule has 0 saturated carbocycles. The number of hydrogen-bond acceptors (Lipinski definition) is 3. The number of likely N-dealkylation sites (tertiary alicyclic amines) is 1. The Hall–Kier alpha value is -2.73. The fourth-order valence-corrected chi connectivity index (χ4v) is 3.80. The molecule has 5 nitrogen and oxygen atoms in total. The Balaban J connectivity index is 1.83. The largest absolute Gasteiger partial charge is 0.383 e. The van der Waals surface area contributed by atoms with Gasteiger partial charge in [0.05, 0.1) is 12.5 Å². The third-order valence-electron chi connectivity index (χ3n) is 5.39. The molecular weight excluding hydrogens is 371 g/mol. The zero-order valence-corrected chi connectivity index (χ0v) is 16.9. The first-order chi connectivity index (χ1) is 14.0. The Kier molecular flexibility index (Phi) is 6.99. The highest BCUT2D eigenvalue weighted by Crippen LogP contribution is 2.32. The molecule has 2 atom stereocenters. The quantitative estimate of drug-likeness (QED) is 0.761. The second kappa shape index (κ2) is 9.65. The first-order valence-corrected chi connectivity index (χ1v) is 9.86. The summed E-state index contributed by atoms with van der Waals surface area (Å²) in [6, 6.07) is 14.1. The number of piperidine rings is 1. The molecule has 29 heavy (non-hydrogen) atoms. The average molecular weight is 398 g/mol. The van der Waals surface area contributed by atoms with Crippen molar-refractivity contribution in [1.82, 2.24) is 10.2 Å². The first-order valence-electron chi connectivity index (χ1n) is 9.86. The summed E-state index contributed by atoms with van der Waals surface area (Å²) in [5.74, 6) is -0.798. The van der Waals surface area contributed by atoms with E-state index in [1.807, 2.05) is 24.3 Å². The van der Waals surface area contributed by atoms with Gasteiger partial charge in [0, 0.05) is 38.2 Å². The molecule has 1 aliphatic heterocycles. The number of methoxy groups -OCH3 is 1. The van der Waals surface area contributed by atoms with E-state index in [2.05, 4.69) is 5.32 Å². The van der Waals surface area contributed by atoms with Gasteiger partial charge in [0.25, 0.3) is 5.91 Å². The molecular formula is C23H27FN2O3. The molecule has 0 unspecified atom stereocenters. The van der Waals surface area contributed by atoms with Gasteiger partial charge in [0.15, 0.2) is 0 Å². The van der Waals surface area contributed by atoms with Gasteiger partial charge in [0.1, 0.15) is 5.82 Å². The summed E-state index contributed by atoms with van der Waals surface area (Å²) in [5, 5.41) is 2.88. The first kappa shape index (κ1) is 21.0. The van der Waals surface area contributed by atoms with Crippen molar-refractivity contribution >= 4 is 11.8 Å². The number of carbonyl (C=O) groups excluding carboxylic acids is 2. The Morgan fingerprint density at radius 2 is 1.93 bits per heavy atom. The summed E-state index contributed by atoms with van der Waals surface area (Å²) in [5.41, 5.74) is 2.11. The van der Waals surface area contributed by atoms with Crippen LogP contribution in [0.25, 0.3) is 0 Å². The van der Waals surface area contributed by atoms with Gasteiger partial charge < -0.3 is 15.0 Å².